The fraction of sp³-hybridized carbons (Fsp3) is 0.667. The van der Waals surface area contributed by atoms with E-state index in [-0.39, 0.29) is 0 Å². The Morgan fingerprint density at radius 2 is 1.83 bits per heavy atom. The van der Waals surface area contributed by atoms with Crippen LogP contribution >= 0.6 is 0 Å². The van der Waals surface area contributed by atoms with Crippen molar-refractivity contribution in [1.82, 2.24) is 4.72 Å². The van der Waals surface area contributed by atoms with Gasteiger partial charge in [-0.05, 0) is 0 Å². The summed E-state index contributed by atoms with van der Waals surface area (Å²) in [4.78, 5) is 9.65. The highest BCUT2D eigenvalue weighted by molar-refractivity contribution is 7.90. The average molecular weight is 206 g/mol. The Labute approximate surface area is 65.2 Å². The van der Waals surface area contributed by atoms with Crippen LogP contribution in [0.25, 0.3) is 0 Å². The van der Waals surface area contributed by atoms with Crippen LogP contribution in [-0.4, -0.2) is 31.5 Å². The Morgan fingerprint density at radius 3 is 2.08 bits per heavy atom. The lowest BCUT2D eigenvalue weighted by molar-refractivity contribution is -0.135. The zero-order valence-corrected chi connectivity index (χ0v) is 6.18. The van der Waals surface area contributed by atoms with E-state index in [0.717, 1.165) is 0 Å². The van der Waals surface area contributed by atoms with Crippen LogP contribution in [0.3, 0.4) is 0 Å². The highest BCUT2D eigenvalue weighted by Gasteiger charge is 2.46. The topological polar surface area (TPSA) is 85.5 Å². The van der Waals surface area contributed by atoms with E-state index >= 15 is 0 Å². The molecular weight excluding hydrogens is 203 g/mol. The maximum absolute atomic E-state index is 11.4. The maximum atomic E-state index is 11.4. The predicted molar refractivity (Wildman–Crippen MR) is 29.6 cm³/mol. The lowest BCUT2D eigenvalue weighted by Gasteiger charge is -2.04. The summed E-state index contributed by atoms with van der Waals surface area (Å²) in [6.45, 7) is -1.41. The largest absolute Gasteiger partial charge is 0.512 e. The number of carboxylic acids is 1. The molecule has 0 spiro atoms. The third-order valence-corrected chi connectivity index (χ3v) is 1.72. The Hall–Kier alpha value is -0.830. The van der Waals surface area contributed by atoms with Crippen molar-refractivity contribution in [2.75, 3.05) is 6.54 Å². The van der Waals surface area contributed by atoms with Crippen molar-refractivity contribution >= 4 is 16.0 Å². The second-order valence-corrected chi connectivity index (χ2v) is 3.27. The Morgan fingerprint density at radius 1 is 1.42 bits per heavy atom. The number of sulfonamides is 1. The average Bonchev–Trinajstić information content (AvgIpc) is 1.81. The normalized spacial score (nSPS) is 12.9. The minimum atomic E-state index is -5.65. The first-order valence-corrected chi connectivity index (χ1v) is 3.82. The van der Waals surface area contributed by atoms with Crippen molar-refractivity contribution in [3.63, 3.8) is 0 Å². The molecule has 1 radical (unpaired) electrons. The van der Waals surface area contributed by atoms with Crippen LogP contribution in [0.1, 0.15) is 0 Å². The van der Waals surface area contributed by atoms with Crippen molar-refractivity contribution in [3.05, 3.63) is 0 Å². The molecule has 1 N–H and O–H groups in total. The Kier molecular flexibility index (Phi) is 3.04. The van der Waals surface area contributed by atoms with Gasteiger partial charge in [0.05, 0.1) is 0 Å². The molecule has 0 aliphatic rings. The molecule has 0 aromatic heterocycles. The first-order valence-electron chi connectivity index (χ1n) is 2.38. The Balaban J connectivity index is 4.37. The minimum absolute atomic E-state index is 1.41. The molecule has 0 aromatic rings. The first kappa shape index (κ1) is 11.2. The summed E-state index contributed by atoms with van der Waals surface area (Å²) in [7, 11) is -5.65. The molecule has 0 aliphatic heterocycles. The number of hydrogen-bond donors (Lipinski definition) is 1. The van der Waals surface area contributed by atoms with Crippen LogP contribution in [0.5, 0.6) is 0 Å². The van der Waals surface area contributed by atoms with Gasteiger partial charge in [0.15, 0.2) is 0 Å². The summed E-state index contributed by atoms with van der Waals surface area (Å²) in [5.41, 5.74) is -5.53. The van der Waals surface area contributed by atoms with Gasteiger partial charge in [-0.15, -0.1) is 4.72 Å². The zero-order valence-electron chi connectivity index (χ0n) is 5.37. The molecule has 0 saturated heterocycles. The number of hydrogen-bond acceptors (Lipinski definition) is 3. The van der Waals surface area contributed by atoms with Gasteiger partial charge in [-0.2, -0.15) is 13.2 Å². The zero-order chi connectivity index (χ0) is 9.99. The van der Waals surface area contributed by atoms with E-state index in [9.17, 15) is 26.4 Å². The summed E-state index contributed by atoms with van der Waals surface area (Å²) < 4.78 is 56.2. The van der Waals surface area contributed by atoms with Gasteiger partial charge >= 0.3 is 21.5 Å². The molecule has 71 valence electrons. The van der Waals surface area contributed by atoms with Gasteiger partial charge in [0.2, 0.25) is 0 Å². The van der Waals surface area contributed by atoms with Crippen molar-refractivity contribution in [1.29, 1.82) is 0 Å². The van der Waals surface area contributed by atoms with Crippen LogP contribution in [0.15, 0.2) is 0 Å². The second kappa shape index (κ2) is 3.27. The molecule has 0 unspecified atom stereocenters. The predicted octanol–water partition coefficient (Wildman–Crippen LogP) is -0.475. The summed E-state index contributed by atoms with van der Waals surface area (Å²) in [6, 6.07) is 0. The summed E-state index contributed by atoms with van der Waals surface area (Å²) in [5.74, 6) is -1.75. The highest BCUT2D eigenvalue weighted by Crippen LogP contribution is 2.21. The van der Waals surface area contributed by atoms with Gasteiger partial charge in [0, 0.05) is 0 Å². The molecule has 0 saturated carbocycles. The van der Waals surface area contributed by atoms with Crippen LogP contribution in [0.2, 0.25) is 0 Å². The number of rotatable bonds is 3. The van der Waals surface area contributed by atoms with Crippen LogP contribution in [-0.2, 0) is 14.8 Å². The molecular formula is C3H3F3NO4S. The van der Waals surface area contributed by atoms with Gasteiger partial charge in [-0.25, -0.2) is 8.42 Å². The Bertz CT molecular complexity index is 268. The molecule has 0 atom stereocenters. The summed E-state index contributed by atoms with van der Waals surface area (Å²) >= 11 is 0. The van der Waals surface area contributed by atoms with Gasteiger partial charge < -0.3 is 5.11 Å². The highest BCUT2D eigenvalue weighted by atomic mass is 32.2. The summed E-state index contributed by atoms with van der Waals surface area (Å²) in [6.07, 6.45) is 0. The van der Waals surface area contributed by atoms with E-state index in [1.165, 1.54) is 0 Å². The second-order valence-electron chi connectivity index (χ2n) is 1.60. The third kappa shape index (κ3) is 3.05. The van der Waals surface area contributed by atoms with Gasteiger partial charge in [0.25, 0.3) is 0 Å². The maximum Gasteiger partial charge on any atom is 0.512 e. The molecule has 0 rings (SSSR count). The van der Waals surface area contributed by atoms with E-state index < -0.39 is 28.0 Å². The van der Waals surface area contributed by atoms with E-state index in [4.69, 9.17) is 5.11 Å². The third-order valence-electron chi connectivity index (χ3n) is 0.662. The van der Waals surface area contributed by atoms with E-state index in [0.29, 0.717) is 0 Å². The van der Waals surface area contributed by atoms with Crippen molar-refractivity contribution in [3.8, 4) is 0 Å². The fourth-order valence-electron chi connectivity index (χ4n) is 0.213. The van der Waals surface area contributed by atoms with Crippen LogP contribution in [0, 0.1) is 0 Å². The lowest BCUT2D eigenvalue weighted by atomic mass is 10.7. The van der Waals surface area contributed by atoms with E-state index in [1.807, 2.05) is 4.72 Å². The van der Waals surface area contributed by atoms with Gasteiger partial charge in [0.1, 0.15) is 6.54 Å². The van der Waals surface area contributed by atoms with Crippen molar-refractivity contribution < 1.29 is 31.5 Å². The number of halogens is 3. The minimum Gasteiger partial charge on any atom is -0.480 e. The fourth-order valence-corrected chi connectivity index (χ4v) is 0.640. The smallest absolute Gasteiger partial charge is 0.480 e. The van der Waals surface area contributed by atoms with Crippen LogP contribution < -0.4 is 4.72 Å². The summed E-state index contributed by atoms with van der Waals surface area (Å²) in [5, 5.41) is 7.82. The van der Waals surface area contributed by atoms with Crippen molar-refractivity contribution in [2.45, 2.75) is 5.51 Å². The number of carbonyl (C=O) groups is 1. The molecule has 0 bridgehead atoms. The number of aliphatic carboxylic acids is 1. The molecule has 12 heavy (non-hydrogen) atoms. The molecule has 0 fully saturated rings. The van der Waals surface area contributed by atoms with E-state index in [1.54, 1.807) is 0 Å². The quantitative estimate of drug-likeness (QED) is 0.676. The molecule has 0 amide bonds. The molecule has 0 heterocycles. The molecule has 0 aromatic carbocycles. The number of nitrogens with zero attached hydrogens (tertiary/aromatic N) is 1. The lowest BCUT2D eigenvalue weighted by Crippen LogP contribution is -2.34. The molecule has 9 heteroatoms. The molecule has 5 nitrogen and oxygen atoms in total. The number of alkyl halides is 3. The van der Waals surface area contributed by atoms with Crippen molar-refractivity contribution in [2.24, 2.45) is 0 Å². The monoisotopic (exact) mass is 206 g/mol. The van der Waals surface area contributed by atoms with E-state index in [2.05, 4.69) is 0 Å². The first-order chi connectivity index (χ1) is 5.17. The van der Waals surface area contributed by atoms with Gasteiger partial charge in [-0.3, -0.25) is 4.79 Å². The van der Waals surface area contributed by atoms with Gasteiger partial charge in [-0.1, -0.05) is 0 Å². The SMILES string of the molecule is O=C(O)C[N]S(=O)(=O)C(F)(F)F. The molecule has 0 aliphatic carbocycles. The van der Waals surface area contributed by atoms with Crippen LogP contribution in [0.4, 0.5) is 13.2 Å². The standard InChI is InChI=1S/C3H3F3NO4S/c4-3(5,6)12(10,11)7-1-2(8)9/h1H2,(H,8,9). The number of carboxylic acid groups (broad SMARTS) is 1.